The SMILES string of the molecule is Cc1ccccc1N=C(/C(=C\N)NC(=O)OC(C)(C)C)C(F)(F)F. The van der Waals surface area contributed by atoms with Crippen molar-refractivity contribution in [2.24, 2.45) is 10.7 Å². The number of alkyl halides is 3. The Morgan fingerprint density at radius 3 is 2.29 bits per heavy atom. The highest BCUT2D eigenvalue weighted by Crippen LogP contribution is 2.26. The Morgan fingerprint density at radius 2 is 1.83 bits per heavy atom. The van der Waals surface area contributed by atoms with Crippen LogP contribution in [0.5, 0.6) is 0 Å². The number of amides is 1. The molecular weight excluding hydrogens is 323 g/mol. The summed E-state index contributed by atoms with van der Waals surface area (Å²) >= 11 is 0. The second-order valence-corrected chi connectivity index (χ2v) is 5.95. The first-order valence-corrected chi connectivity index (χ1v) is 7.08. The molecule has 5 nitrogen and oxygen atoms in total. The van der Waals surface area contributed by atoms with Gasteiger partial charge in [0.15, 0.2) is 5.71 Å². The van der Waals surface area contributed by atoms with Crippen LogP contribution in [0.1, 0.15) is 26.3 Å². The third-order valence-corrected chi connectivity index (χ3v) is 2.67. The zero-order chi connectivity index (χ0) is 18.5. The third kappa shape index (κ3) is 5.94. The Bertz CT molecular complexity index is 659. The maximum Gasteiger partial charge on any atom is 0.435 e. The molecule has 0 aliphatic heterocycles. The number of nitrogens with zero attached hydrogens (tertiary/aromatic N) is 1. The Hall–Kier alpha value is -2.51. The second-order valence-electron chi connectivity index (χ2n) is 5.95. The van der Waals surface area contributed by atoms with Gasteiger partial charge in [0, 0.05) is 6.20 Å². The Morgan fingerprint density at radius 1 is 1.25 bits per heavy atom. The van der Waals surface area contributed by atoms with Gasteiger partial charge in [0.2, 0.25) is 0 Å². The summed E-state index contributed by atoms with van der Waals surface area (Å²) in [6, 6.07) is 6.30. The quantitative estimate of drug-likeness (QED) is 0.816. The topological polar surface area (TPSA) is 76.7 Å². The number of hydrogen-bond acceptors (Lipinski definition) is 4. The summed E-state index contributed by atoms with van der Waals surface area (Å²) in [5.74, 6) is 0. The van der Waals surface area contributed by atoms with E-state index in [9.17, 15) is 18.0 Å². The fourth-order valence-electron chi connectivity index (χ4n) is 1.68. The first-order chi connectivity index (χ1) is 10.9. The van der Waals surface area contributed by atoms with Crippen LogP contribution in [-0.2, 0) is 4.74 Å². The average Bonchev–Trinajstić information content (AvgIpc) is 2.41. The zero-order valence-corrected chi connectivity index (χ0v) is 13.9. The maximum atomic E-state index is 13.3. The van der Waals surface area contributed by atoms with E-state index < -0.39 is 29.3 Å². The predicted molar refractivity (Wildman–Crippen MR) is 86.0 cm³/mol. The Labute approximate surface area is 138 Å². The minimum Gasteiger partial charge on any atom is -0.444 e. The van der Waals surface area contributed by atoms with Crippen molar-refractivity contribution in [2.45, 2.75) is 39.5 Å². The first-order valence-electron chi connectivity index (χ1n) is 7.08. The van der Waals surface area contributed by atoms with E-state index in [-0.39, 0.29) is 5.69 Å². The van der Waals surface area contributed by atoms with Crippen molar-refractivity contribution in [3.05, 3.63) is 41.7 Å². The lowest BCUT2D eigenvalue weighted by Gasteiger charge is -2.21. The monoisotopic (exact) mass is 343 g/mol. The van der Waals surface area contributed by atoms with E-state index >= 15 is 0 Å². The van der Waals surface area contributed by atoms with Crippen molar-refractivity contribution >= 4 is 17.5 Å². The number of nitrogens with two attached hydrogens (primary N) is 1. The number of para-hydroxylation sites is 1. The normalized spacial score (nSPS) is 13.6. The maximum absolute atomic E-state index is 13.3. The number of nitrogens with one attached hydrogen (secondary N) is 1. The van der Waals surface area contributed by atoms with Crippen molar-refractivity contribution in [1.29, 1.82) is 0 Å². The van der Waals surface area contributed by atoms with Crippen molar-refractivity contribution in [3.63, 3.8) is 0 Å². The Kier molecular flexibility index (Phi) is 6.00. The molecule has 0 radical (unpaired) electrons. The minimum absolute atomic E-state index is 0.121. The lowest BCUT2D eigenvalue weighted by Crippen LogP contribution is -2.38. The molecule has 0 heterocycles. The number of aliphatic imine (C=N–C) groups is 1. The van der Waals surface area contributed by atoms with Gasteiger partial charge in [-0.05, 0) is 39.3 Å². The lowest BCUT2D eigenvalue weighted by molar-refractivity contribution is -0.0584. The summed E-state index contributed by atoms with van der Waals surface area (Å²) in [6.45, 7) is 6.39. The largest absolute Gasteiger partial charge is 0.444 e. The smallest absolute Gasteiger partial charge is 0.435 e. The number of allylic oxidation sites excluding steroid dienone is 1. The van der Waals surface area contributed by atoms with E-state index in [4.69, 9.17) is 10.5 Å². The van der Waals surface area contributed by atoms with Gasteiger partial charge in [0.05, 0.1) is 11.4 Å². The number of hydrogen-bond donors (Lipinski definition) is 2. The molecule has 1 aromatic carbocycles. The van der Waals surface area contributed by atoms with Crippen LogP contribution < -0.4 is 11.1 Å². The van der Waals surface area contributed by atoms with Crippen LogP contribution in [0.4, 0.5) is 23.7 Å². The number of carbonyl (C=O) groups is 1. The van der Waals surface area contributed by atoms with Gasteiger partial charge in [-0.1, -0.05) is 18.2 Å². The molecule has 132 valence electrons. The van der Waals surface area contributed by atoms with Crippen molar-refractivity contribution in [2.75, 3.05) is 0 Å². The van der Waals surface area contributed by atoms with Gasteiger partial charge in [-0.2, -0.15) is 13.2 Å². The van der Waals surface area contributed by atoms with Gasteiger partial charge in [0.25, 0.3) is 0 Å². The number of rotatable bonds is 3. The molecule has 3 N–H and O–H groups in total. The Balaban J connectivity index is 3.20. The van der Waals surface area contributed by atoms with E-state index in [1.165, 1.54) is 6.07 Å². The van der Waals surface area contributed by atoms with Crippen molar-refractivity contribution in [3.8, 4) is 0 Å². The fourth-order valence-corrected chi connectivity index (χ4v) is 1.68. The molecule has 0 aromatic heterocycles. The van der Waals surface area contributed by atoms with E-state index in [2.05, 4.69) is 4.99 Å². The van der Waals surface area contributed by atoms with Gasteiger partial charge in [0.1, 0.15) is 5.60 Å². The standard InChI is InChI=1S/C16H20F3N3O2/c1-10-7-5-6-8-11(10)21-13(16(17,18)19)12(9-20)22-14(23)24-15(2,3)4/h5-9H,20H2,1-4H3,(H,22,23)/b12-9+,21-13?. The fraction of sp³-hybridized carbons (Fsp3) is 0.375. The van der Waals surface area contributed by atoms with Crippen molar-refractivity contribution in [1.82, 2.24) is 5.32 Å². The van der Waals surface area contributed by atoms with Gasteiger partial charge in [-0.3, -0.25) is 5.32 Å². The molecule has 1 amide bonds. The van der Waals surface area contributed by atoms with Crippen LogP contribution in [-0.4, -0.2) is 23.6 Å². The summed E-state index contributed by atoms with van der Waals surface area (Å²) < 4.78 is 45.0. The third-order valence-electron chi connectivity index (χ3n) is 2.67. The summed E-state index contributed by atoms with van der Waals surface area (Å²) in [5.41, 5.74) is 3.07. The number of benzene rings is 1. The molecule has 0 aliphatic rings. The summed E-state index contributed by atoms with van der Waals surface area (Å²) in [6.07, 6.45) is -5.24. The molecule has 24 heavy (non-hydrogen) atoms. The van der Waals surface area contributed by atoms with Crippen LogP contribution in [0.2, 0.25) is 0 Å². The van der Waals surface area contributed by atoms with Crippen LogP contribution in [0.25, 0.3) is 0 Å². The summed E-state index contributed by atoms with van der Waals surface area (Å²) in [5, 5.41) is 1.99. The van der Waals surface area contributed by atoms with E-state index in [0.717, 1.165) is 0 Å². The molecule has 0 unspecified atom stereocenters. The van der Waals surface area contributed by atoms with Crippen LogP contribution in [0.15, 0.2) is 41.2 Å². The van der Waals surface area contributed by atoms with E-state index in [1.807, 2.05) is 5.32 Å². The molecule has 0 atom stereocenters. The predicted octanol–water partition coefficient (Wildman–Crippen LogP) is 3.95. The van der Waals surface area contributed by atoms with Gasteiger partial charge in [-0.15, -0.1) is 0 Å². The first kappa shape index (κ1) is 19.5. The molecule has 1 rings (SSSR count). The highest BCUT2D eigenvalue weighted by atomic mass is 19.4. The number of alkyl carbamates (subject to hydrolysis) is 1. The molecule has 1 aromatic rings. The minimum atomic E-state index is -4.82. The molecule has 0 saturated heterocycles. The molecule has 0 saturated carbocycles. The number of halogens is 3. The molecule has 0 fully saturated rings. The van der Waals surface area contributed by atoms with Gasteiger partial charge < -0.3 is 10.5 Å². The highest BCUT2D eigenvalue weighted by molar-refractivity contribution is 6.07. The summed E-state index contributed by atoms with van der Waals surface area (Å²) in [7, 11) is 0. The molecule has 0 spiro atoms. The second kappa shape index (κ2) is 7.37. The zero-order valence-electron chi connectivity index (χ0n) is 13.9. The van der Waals surface area contributed by atoms with Gasteiger partial charge >= 0.3 is 12.3 Å². The van der Waals surface area contributed by atoms with E-state index in [1.54, 1.807) is 45.9 Å². The van der Waals surface area contributed by atoms with Crippen LogP contribution in [0, 0.1) is 6.92 Å². The number of carbonyl (C=O) groups excluding carboxylic acids is 1. The average molecular weight is 343 g/mol. The molecule has 8 heteroatoms. The van der Waals surface area contributed by atoms with Gasteiger partial charge in [-0.25, -0.2) is 9.79 Å². The highest BCUT2D eigenvalue weighted by Gasteiger charge is 2.39. The molecular formula is C16H20F3N3O2. The molecule has 0 aliphatic carbocycles. The van der Waals surface area contributed by atoms with Crippen LogP contribution in [0.3, 0.4) is 0 Å². The summed E-state index contributed by atoms with van der Waals surface area (Å²) in [4.78, 5) is 15.3. The number of ether oxygens (including phenoxy) is 1. The molecule has 0 bridgehead atoms. The van der Waals surface area contributed by atoms with Crippen molar-refractivity contribution < 1.29 is 22.7 Å². The number of aryl methyl sites for hydroxylation is 1. The van der Waals surface area contributed by atoms with Crippen LogP contribution >= 0.6 is 0 Å². The van der Waals surface area contributed by atoms with E-state index in [0.29, 0.717) is 11.8 Å². The lowest BCUT2D eigenvalue weighted by atomic mass is 10.2.